The van der Waals surface area contributed by atoms with Crippen molar-refractivity contribution in [3.63, 3.8) is 0 Å². The van der Waals surface area contributed by atoms with Crippen LogP contribution in [0.4, 0.5) is 0 Å². The molecule has 8 heteroatoms. The van der Waals surface area contributed by atoms with Crippen molar-refractivity contribution in [3.05, 3.63) is 29.7 Å². The minimum Gasteiger partial charge on any atom is -0.493 e. The lowest BCUT2D eigenvalue weighted by molar-refractivity contribution is 0.324. The Morgan fingerprint density at radius 3 is 2.23 bits per heavy atom. The van der Waals surface area contributed by atoms with Gasteiger partial charge in [-0.05, 0) is 12.1 Å². The molecule has 3 aromatic rings. The molecule has 0 aliphatic heterocycles. The van der Waals surface area contributed by atoms with Crippen molar-refractivity contribution in [1.29, 1.82) is 0 Å². The van der Waals surface area contributed by atoms with Crippen LogP contribution in [0, 0.1) is 0 Å². The number of ether oxygens (including phenoxy) is 3. The zero-order chi connectivity index (χ0) is 15.7. The van der Waals surface area contributed by atoms with Crippen LogP contribution >= 0.6 is 11.6 Å². The van der Waals surface area contributed by atoms with Crippen molar-refractivity contribution in [1.82, 2.24) is 19.6 Å². The van der Waals surface area contributed by atoms with E-state index in [-0.39, 0.29) is 0 Å². The highest BCUT2D eigenvalue weighted by molar-refractivity contribution is 6.29. The number of methoxy groups -OCH3 is 3. The maximum Gasteiger partial charge on any atom is 0.203 e. The first-order valence-corrected chi connectivity index (χ1v) is 6.72. The first-order chi connectivity index (χ1) is 10.7. The van der Waals surface area contributed by atoms with Crippen molar-refractivity contribution >= 4 is 17.2 Å². The molecule has 0 unspecified atom stereocenters. The van der Waals surface area contributed by atoms with Gasteiger partial charge in [-0.3, -0.25) is 9.38 Å². The van der Waals surface area contributed by atoms with Crippen LogP contribution in [-0.4, -0.2) is 40.9 Å². The molecule has 0 bridgehead atoms. The Labute approximate surface area is 131 Å². The van der Waals surface area contributed by atoms with Crippen molar-refractivity contribution in [2.24, 2.45) is 0 Å². The monoisotopic (exact) mass is 320 g/mol. The molecule has 1 aromatic carbocycles. The highest BCUT2D eigenvalue weighted by Gasteiger charge is 2.18. The zero-order valence-electron chi connectivity index (χ0n) is 12.2. The number of hydrogen-bond acceptors (Lipinski definition) is 6. The molecule has 0 N–H and O–H groups in total. The Kier molecular flexibility index (Phi) is 3.72. The molecule has 0 saturated heterocycles. The molecular formula is C14H13ClN4O3. The van der Waals surface area contributed by atoms with Crippen LogP contribution < -0.4 is 14.2 Å². The second kappa shape index (κ2) is 5.69. The van der Waals surface area contributed by atoms with Gasteiger partial charge in [-0.2, -0.15) is 0 Å². The van der Waals surface area contributed by atoms with E-state index in [0.717, 1.165) is 5.56 Å². The lowest BCUT2D eigenvalue weighted by Crippen LogP contribution is -1.97. The van der Waals surface area contributed by atoms with Gasteiger partial charge >= 0.3 is 0 Å². The maximum absolute atomic E-state index is 6.19. The number of fused-ring (bicyclic) bond motifs is 1. The first-order valence-electron chi connectivity index (χ1n) is 6.34. The Bertz CT molecular complexity index is 809. The van der Waals surface area contributed by atoms with Gasteiger partial charge in [0.2, 0.25) is 5.75 Å². The average Bonchev–Trinajstić information content (AvgIpc) is 2.98. The van der Waals surface area contributed by atoms with E-state index in [9.17, 15) is 0 Å². The van der Waals surface area contributed by atoms with E-state index < -0.39 is 0 Å². The maximum atomic E-state index is 6.19. The molecule has 22 heavy (non-hydrogen) atoms. The zero-order valence-corrected chi connectivity index (χ0v) is 13.0. The second-order valence-corrected chi connectivity index (χ2v) is 4.75. The second-order valence-electron chi connectivity index (χ2n) is 4.36. The van der Waals surface area contributed by atoms with Gasteiger partial charge in [0.1, 0.15) is 5.15 Å². The Morgan fingerprint density at radius 1 is 0.955 bits per heavy atom. The van der Waals surface area contributed by atoms with Crippen molar-refractivity contribution in [2.75, 3.05) is 21.3 Å². The van der Waals surface area contributed by atoms with Gasteiger partial charge in [-0.1, -0.05) is 11.6 Å². The summed E-state index contributed by atoms with van der Waals surface area (Å²) >= 11 is 6.19. The molecule has 0 radical (unpaired) electrons. The molecule has 3 rings (SSSR count). The molecule has 0 fully saturated rings. The lowest BCUT2D eigenvalue weighted by atomic mass is 10.1. The van der Waals surface area contributed by atoms with Crippen LogP contribution in [0.25, 0.3) is 17.0 Å². The van der Waals surface area contributed by atoms with Crippen molar-refractivity contribution < 1.29 is 14.2 Å². The van der Waals surface area contributed by atoms with E-state index in [0.29, 0.717) is 33.9 Å². The van der Waals surface area contributed by atoms with Gasteiger partial charge in [0.15, 0.2) is 23.0 Å². The third-order valence-electron chi connectivity index (χ3n) is 3.20. The average molecular weight is 321 g/mol. The third kappa shape index (κ3) is 2.19. The number of rotatable bonds is 4. The predicted octanol–water partition coefficient (Wildman–Crippen LogP) is 2.47. The minimum absolute atomic E-state index is 0.409. The van der Waals surface area contributed by atoms with Crippen LogP contribution in [0.15, 0.2) is 24.5 Å². The molecule has 7 nitrogen and oxygen atoms in total. The smallest absolute Gasteiger partial charge is 0.203 e. The van der Waals surface area contributed by atoms with Crippen molar-refractivity contribution in [2.45, 2.75) is 0 Å². The summed E-state index contributed by atoms with van der Waals surface area (Å²) in [5.74, 6) is 2.12. The molecule has 0 atom stereocenters. The number of aromatic nitrogens is 4. The fraction of sp³-hybridized carbons (Fsp3) is 0.214. The van der Waals surface area contributed by atoms with Gasteiger partial charge in [-0.25, -0.2) is 0 Å². The number of nitrogens with zero attached hydrogens (tertiary/aromatic N) is 4. The lowest BCUT2D eigenvalue weighted by Gasteiger charge is -2.13. The summed E-state index contributed by atoms with van der Waals surface area (Å²) in [6, 6.07) is 3.57. The summed E-state index contributed by atoms with van der Waals surface area (Å²) in [5.41, 5.74) is 1.28. The van der Waals surface area contributed by atoms with E-state index >= 15 is 0 Å². The van der Waals surface area contributed by atoms with E-state index in [1.54, 1.807) is 44.1 Å². The fourth-order valence-corrected chi connectivity index (χ4v) is 2.43. The van der Waals surface area contributed by atoms with Crippen molar-refractivity contribution in [3.8, 4) is 28.6 Å². The van der Waals surface area contributed by atoms with Crippen LogP contribution in [0.3, 0.4) is 0 Å². The molecule has 2 aromatic heterocycles. The van der Waals surface area contributed by atoms with Crippen LogP contribution in [-0.2, 0) is 0 Å². The van der Waals surface area contributed by atoms with Crippen LogP contribution in [0.2, 0.25) is 5.15 Å². The molecule has 114 valence electrons. The normalized spacial score (nSPS) is 10.7. The summed E-state index contributed by atoms with van der Waals surface area (Å²) in [6.45, 7) is 0. The van der Waals surface area contributed by atoms with Gasteiger partial charge < -0.3 is 14.2 Å². The van der Waals surface area contributed by atoms with Gasteiger partial charge in [0.25, 0.3) is 0 Å². The Balaban J connectivity index is 2.27. The summed E-state index contributed by atoms with van der Waals surface area (Å²) < 4.78 is 17.7. The first kappa shape index (κ1) is 14.4. The summed E-state index contributed by atoms with van der Waals surface area (Å²) in [5, 5.41) is 8.64. The highest BCUT2D eigenvalue weighted by atomic mass is 35.5. The standard InChI is InChI=1S/C14H13ClN4O3/c1-20-9-4-8(5-10(21-2)13(9)22-3)14-18-17-12-7-16-6-11(15)19(12)14/h4-7H,1-3H3. The summed E-state index contributed by atoms with van der Waals surface area (Å²) in [6.07, 6.45) is 3.11. The minimum atomic E-state index is 0.409. The van der Waals surface area contributed by atoms with Gasteiger partial charge in [0.05, 0.1) is 33.7 Å². The SMILES string of the molecule is COc1cc(-c2nnc3cncc(Cl)n23)cc(OC)c1OC. The molecule has 2 heterocycles. The summed E-state index contributed by atoms with van der Waals surface area (Å²) in [4.78, 5) is 3.99. The molecule has 0 saturated carbocycles. The molecule has 0 amide bonds. The predicted molar refractivity (Wildman–Crippen MR) is 80.9 cm³/mol. The molecular weight excluding hydrogens is 308 g/mol. The van der Waals surface area contributed by atoms with Crippen LogP contribution in [0.1, 0.15) is 0 Å². The number of hydrogen-bond donors (Lipinski definition) is 0. The quantitative estimate of drug-likeness (QED) is 0.735. The third-order valence-corrected chi connectivity index (χ3v) is 3.46. The van der Waals surface area contributed by atoms with E-state index in [2.05, 4.69) is 15.2 Å². The highest BCUT2D eigenvalue weighted by Crippen LogP contribution is 2.41. The Hall–Kier alpha value is -2.54. The fourth-order valence-electron chi connectivity index (χ4n) is 2.21. The van der Waals surface area contributed by atoms with Crippen LogP contribution in [0.5, 0.6) is 17.2 Å². The number of halogens is 1. The number of benzene rings is 1. The Morgan fingerprint density at radius 2 is 1.64 bits per heavy atom. The topological polar surface area (TPSA) is 70.8 Å². The van der Waals surface area contributed by atoms with Gasteiger partial charge in [0, 0.05) is 5.56 Å². The van der Waals surface area contributed by atoms with E-state index in [1.807, 2.05) is 0 Å². The largest absolute Gasteiger partial charge is 0.493 e. The summed E-state index contributed by atoms with van der Waals surface area (Å²) in [7, 11) is 4.66. The molecule has 0 spiro atoms. The molecule has 0 aliphatic carbocycles. The molecule has 0 aliphatic rings. The van der Waals surface area contributed by atoms with E-state index in [4.69, 9.17) is 25.8 Å². The van der Waals surface area contributed by atoms with Gasteiger partial charge in [-0.15, -0.1) is 10.2 Å². The van der Waals surface area contributed by atoms with E-state index in [1.165, 1.54) is 6.20 Å².